The first-order valence-electron chi connectivity index (χ1n) is 43.4. The molecule has 4 atom stereocenters. The van der Waals surface area contributed by atoms with E-state index in [4.69, 9.17) is 94.2 Å². The van der Waals surface area contributed by atoms with Crippen LogP contribution in [0.1, 0.15) is 149 Å². The Morgan fingerprint density at radius 3 is 0.899 bits per heavy atom. The summed E-state index contributed by atoms with van der Waals surface area (Å²) in [6, 6.07) is 14.0. The molecule has 0 bridgehead atoms. The van der Waals surface area contributed by atoms with Crippen molar-refractivity contribution >= 4 is 141 Å². The minimum atomic E-state index is -0.839. The molecule has 0 saturated heterocycles. The number of carbonyl (C=O) groups excluding carboxylic acids is 12. The molecule has 0 radical (unpaired) electrons. The third-order valence-electron chi connectivity index (χ3n) is 21.9. The van der Waals surface area contributed by atoms with Crippen molar-refractivity contribution < 1.29 is 123 Å². The normalized spacial score (nSPS) is 17.8. The highest BCUT2D eigenvalue weighted by molar-refractivity contribution is 6.32. The average Bonchev–Trinajstić information content (AvgIpc) is 1.64. The summed E-state index contributed by atoms with van der Waals surface area (Å²) >= 11 is 23.2. The first-order valence-corrected chi connectivity index (χ1v) is 44.9. The standard InChI is InChI=1S/C23H27ClFN5O6.C23H27ClFN5O5.C22H25ClFN5O6.C20H21ClFN5O5/c1-23(2,3)35-22(33)34-12-14-10-30-19(20(31)28(4)36-14)15-11-29(8-7-18(15)27-30)21(32)26-13-5-6-17(25)16(24)9-13;1-23(2,3)21(32)34-12-14-10-30-19(20(31)28(4)35-14)15-11-29(8-7-18(15)27-30)22(33)26-13-5-6-17(25)16(24)9-13;1-12(2)34-22(32)33-11-14-9-29-19(20(30)27(3)35-14)15-10-28(7-6-18(15)26-29)21(31)25-13-4-5-17(24)16(23)8-13;1-11(28)31-10-13-8-27-18(19(29)25(2)32-13)14-9-26(6-5-17(14)24-27)20(30)23-12-3-4-16(22)15(21)7-12/h5-6,9,14H,7-8,10-12H2,1-4H3,(H,26,32);5-6,9,14H,7-8,10-12H2,1-4H3,(H,26,33);4-5,8,12,14H,6-7,9-11H2,1-3H3,(H,25,31);3-4,7,13H,5-6,8-10H2,1-2H3,(H,23,30). The van der Waals surface area contributed by atoms with Gasteiger partial charge in [0.05, 0.1) is 107 Å². The van der Waals surface area contributed by atoms with E-state index in [9.17, 15) is 75.1 Å². The highest BCUT2D eigenvalue weighted by atomic mass is 35.5. The highest BCUT2D eigenvalue weighted by Crippen LogP contribution is 2.35. The molecule has 4 unspecified atom stereocenters. The molecule has 4 N–H and O–H groups in total. The van der Waals surface area contributed by atoms with Crippen LogP contribution in [-0.2, 0) is 135 Å². The van der Waals surface area contributed by atoms with Crippen LogP contribution < -0.4 is 21.3 Å². The lowest BCUT2D eigenvalue weighted by Crippen LogP contribution is -2.39. The van der Waals surface area contributed by atoms with Gasteiger partial charge in [-0.1, -0.05) is 46.4 Å². The van der Waals surface area contributed by atoms with Crippen molar-refractivity contribution in [1.29, 1.82) is 0 Å². The second-order valence-corrected chi connectivity index (χ2v) is 36.6. The molecule has 0 spiro atoms. The van der Waals surface area contributed by atoms with Crippen LogP contribution in [0, 0.1) is 28.7 Å². The molecule has 50 heteroatoms. The maximum Gasteiger partial charge on any atom is 0.508 e. The van der Waals surface area contributed by atoms with Crippen LogP contribution >= 0.6 is 46.4 Å². The summed E-state index contributed by atoms with van der Waals surface area (Å²) < 4.78 is 90.6. The van der Waals surface area contributed by atoms with E-state index in [1.165, 1.54) is 132 Å². The Balaban J connectivity index is 0.000000155. The van der Waals surface area contributed by atoms with E-state index >= 15 is 0 Å². The number of nitrogens with zero attached hydrogens (tertiary/aromatic N) is 16. The van der Waals surface area contributed by atoms with Crippen molar-refractivity contribution in [3.05, 3.63) is 184 Å². The number of urea groups is 4. The number of halogens is 8. The number of anilines is 4. The molecule has 138 heavy (non-hydrogen) atoms. The second-order valence-electron chi connectivity index (χ2n) is 35.0. The predicted octanol–water partition coefficient (Wildman–Crippen LogP) is 12.3. The zero-order valence-electron chi connectivity index (χ0n) is 77.1. The van der Waals surface area contributed by atoms with Crippen molar-refractivity contribution in [1.82, 2.24) is 79.0 Å². The summed E-state index contributed by atoms with van der Waals surface area (Å²) in [4.78, 5) is 179. The maximum absolute atomic E-state index is 13.4. The summed E-state index contributed by atoms with van der Waals surface area (Å²) in [5.41, 5.74) is 6.67. The minimum absolute atomic E-state index is 0.0221. The van der Waals surface area contributed by atoms with Crippen LogP contribution in [-0.4, -0.2) is 268 Å². The largest absolute Gasteiger partial charge is 0.508 e. The first-order chi connectivity index (χ1) is 65.2. The summed E-state index contributed by atoms with van der Waals surface area (Å²) in [6.07, 6.45) is -2.76. The first kappa shape index (κ1) is 102. The molecule has 16 rings (SSSR count). The topological polar surface area (TPSA) is 442 Å². The molecule has 0 aliphatic carbocycles. The number of ether oxygens (including phenoxy) is 6. The lowest BCUT2D eigenvalue weighted by molar-refractivity contribution is -0.180. The van der Waals surface area contributed by atoms with Gasteiger partial charge in [-0.2, -0.15) is 20.4 Å². The van der Waals surface area contributed by atoms with Crippen LogP contribution in [0.4, 0.5) is 69.1 Å². The van der Waals surface area contributed by atoms with Gasteiger partial charge in [0.25, 0.3) is 23.6 Å². The molecule has 8 aliphatic rings. The number of esters is 2. The molecular formula is C88H100Cl4F4N20O22. The number of hydrogen-bond donors (Lipinski definition) is 4. The van der Waals surface area contributed by atoms with Crippen LogP contribution in [0.3, 0.4) is 0 Å². The number of fused-ring (bicyclic) bond motifs is 12. The van der Waals surface area contributed by atoms with Gasteiger partial charge in [-0.05, 0) is 128 Å². The van der Waals surface area contributed by atoms with Crippen LogP contribution in [0.2, 0.25) is 20.1 Å². The van der Waals surface area contributed by atoms with Gasteiger partial charge in [0.15, 0.2) is 0 Å². The SMILES string of the molecule is CC(=O)OCC1Cn2nc3c(c2C(=O)N(C)O1)CN(C(=O)Nc1ccc(F)c(Cl)c1)CC3.CC(C)OC(=O)OCC1Cn2nc3c(c2C(=O)N(C)O1)CN(C(=O)Nc1ccc(F)c(Cl)c1)CC3.CN1OC(COC(=O)C(C)(C)C)Cn2nc3c(c2C1=O)CN(C(=O)Nc1ccc(F)c(Cl)c1)CC3.CN1OC(COC(=O)OC(C)(C)C)Cn2nc3c(c2C1=O)CN(C(=O)Nc1ccc(F)c(Cl)c1)CC3. The van der Waals surface area contributed by atoms with Crippen LogP contribution in [0.15, 0.2) is 72.8 Å². The Labute approximate surface area is 806 Å². The number of hydroxylamine groups is 8. The van der Waals surface area contributed by atoms with Crippen LogP contribution in [0.25, 0.3) is 0 Å². The Morgan fingerprint density at radius 1 is 0.406 bits per heavy atom. The molecule has 4 aromatic heterocycles. The van der Waals surface area contributed by atoms with Crippen LogP contribution in [0.5, 0.6) is 0 Å². The molecule has 0 fully saturated rings. The quantitative estimate of drug-likeness (QED) is 0.0473. The zero-order valence-corrected chi connectivity index (χ0v) is 80.1. The Bertz CT molecular complexity index is 6050. The number of aromatic nitrogens is 8. The van der Waals surface area contributed by atoms with E-state index < -0.39 is 125 Å². The molecule has 12 heterocycles. The van der Waals surface area contributed by atoms with Crippen molar-refractivity contribution in [3.8, 4) is 0 Å². The van der Waals surface area contributed by atoms with Gasteiger partial charge >= 0.3 is 48.4 Å². The van der Waals surface area contributed by atoms with E-state index in [1.807, 2.05) is 0 Å². The molecular weight excluding hydrogens is 1910 g/mol. The zero-order chi connectivity index (χ0) is 100.0. The molecule has 4 aromatic carbocycles. The summed E-state index contributed by atoms with van der Waals surface area (Å²) in [7, 11) is 5.89. The Morgan fingerprint density at radius 2 is 0.659 bits per heavy atom. The Hall–Kier alpha value is -13.1. The van der Waals surface area contributed by atoms with E-state index in [0.29, 0.717) is 131 Å². The van der Waals surface area contributed by atoms with Crippen molar-refractivity contribution in [3.63, 3.8) is 0 Å². The fourth-order valence-electron chi connectivity index (χ4n) is 15.3. The fraction of sp³-hybridized carbons (Fsp3) is 0.455. The number of carbonyl (C=O) groups is 12. The van der Waals surface area contributed by atoms with Crippen molar-refractivity contribution in [2.24, 2.45) is 5.41 Å². The van der Waals surface area contributed by atoms with E-state index in [0.717, 1.165) is 31.6 Å². The number of benzene rings is 4. The third kappa shape index (κ3) is 25.1. The van der Waals surface area contributed by atoms with E-state index in [2.05, 4.69) is 41.7 Å². The molecule has 8 aromatic rings. The van der Waals surface area contributed by atoms with Gasteiger partial charge in [0.2, 0.25) is 0 Å². The monoisotopic (exact) mass is 2000 g/mol. The number of nitrogens with one attached hydrogen (secondary N) is 4. The summed E-state index contributed by atoms with van der Waals surface area (Å²) in [6.45, 7) is 17.7. The smallest absolute Gasteiger partial charge is 0.463 e. The predicted molar refractivity (Wildman–Crippen MR) is 482 cm³/mol. The van der Waals surface area contributed by atoms with Crippen molar-refractivity contribution in [2.75, 3.05) is 102 Å². The van der Waals surface area contributed by atoms with E-state index in [-0.39, 0.29) is 111 Å². The minimum Gasteiger partial charge on any atom is -0.463 e. The maximum atomic E-state index is 13.4. The average molecular weight is 2010 g/mol. The van der Waals surface area contributed by atoms with E-state index in [1.54, 1.807) is 69.7 Å². The fourth-order valence-corrected chi connectivity index (χ4v) is 16.1. The number of rotatable bonds is 13. The molecule has 8 aliphatic heterocycles. The van der Waals surface area contributed by atoms with Gasteiger partial charge in [0, 0.05) is 132 Å². The number of hydrogen-bond acceptors (Lipinski definition) is 26. The van der Waals surface area contributed by atoms with Gasteiger partial charge in [-0.25, -0.2) is 66.6 Å². The molecule has 740 valence electrons. The van der Waals surface area contributed by atoms with Gasteiger partial charge in [-0.3, -0.25) is 66.8 Å². The summed E-state index contributed by atoms with van der Waals surface area (Å²) in [5.74, 6) is -4.82. The Kier molecular flexibility index (Phi) is 32.1. The number of amides is 12. The highest BCUT2D eigenvalue weighted by Gasteiger charge is 2.43. The summed E-state index contributed by atoms with van der Waals surface area (Å²) in [5, 5.41) is 33.0. The molecule has 42 nitrogen and oxygen atoms in total. The molecule has 12 amide bonds. The second kappa shape index (κ2) is 43.3. The van der Waals surface area contributed by atoms with Gasteiger partial charge in [-0.15, -0.1) is 0 Å². The lowest BCUT2D eigenvalue weighted by atomic mass is 9.97. The van der Waals surface area contributed by atoms with Gasteiger partial charge in [0.1, 0.15) is 102 Å². The van der Waals surface area contributed by atoms with Gasteiger partial charge < -0.3 is 69.3 Å². The lowest BCUT2D eigenvalue weighted by Gasteiger charge is -2.27. The van der Waals surface area contributed by atoms with Crippen molar-refractivity contribution in [2.45, 2.75) is 176 Å². The third-order valence-corrected chi connectivity index (χ3v) is 23.1. The molecule has 0 saturated carbocycles.